The maximum Gasteiger partial charge on any atom is 0.261 e. The van der Waals surface area contributed by atoms with Crippen molar-refractivity contribution in [3.63, 3.8) is 0 Å². The molecule has 0 spiro atoms. The van der Waals surface area contributed by atoms with Crippen LogP contribution in [-0.4, -0.2) is 51.9 Å². The lowest BCUT2D eigenvalue weighted by Gasteiger charge is -2.20. The van der Waals surface area contributed by atoms with Gasteiger partial charge < -0.3 is 4.90 Å². The van der Waals surface area contributed by atoms with Crippen LogP contribution in [0, 0.1) is 6.92 Å². The second-order valence-electron chi connectivity index (χ2n) is 5.38. The lowest BCUT2D eigenvalue weighted by atomic mass is 10.3. The van der Waals surface area contributed by atoms with E-state index in [4.69, 9.17) is 21.1 Å². The van der Waals surface area contributed by atoms with Gasteiger partial charge in [0.25, 0.3) is 10.1 Å². The largest absolute Gasteiger partial charge is 0.354 e. The summed E-state index contributed by atoms with van der Waals surface area (Å²) in [6.07, 6.45) is 0.715. The Hall–Kier alpha value is -1.97. The fraction of sp³-hybridized carbons (Fsp3) is 0.400. The second-order valence-corrected chi connectivity index (χ2v) is 7.28. The van der Waals surface area contributed by atoms with Gasteiger partial charge in [0.05, 0.1) is 17.3 Å². The lowest BCUT2D eigenvalue weighted by Crippen LogP contribution is -2.24. The van der Waals surface area contributed by atoms with Gasteiger partial charge in [-0.2, -0.15) is 8.42 Å². The number of benzene rings is 1. The van der Waals surface area contributed by atoms with Crippen molar-refractivity contribution in [2.24, 2.45) is 0 Å². The third kappa shape index (κ3) is 4.56. The number of anilines is 1. The van der Waals surface area contributed by atoms with Crippen molar-refractivity contribution in [1.82, 2.24) is 19.6 Å². The molecule has 3 rings (SSSR count). The fourth-order valence-electron chi connectivity index (χ4n) is 2.47. The molecule has 2 aromatic heterocycles. The van der Waals surface area contributed by atoms with E-state index in [0.717, 1.165) is 41.4 Å². The first-order valence-electron chi connectivity index (χ1n) is 7.64. The molecule has 0 unspecified atom stereocenters. The van der Waals surface area contributed by atoms with Crippen LogP contribution in [0.5, 0.6) is 0 Å². The van der Waals surface area contributed by atoms with E-state index in [2.05, 4.69) is 28.9 Å². The van der Waals surface area contributed by atoms with Crippen molar-refractivity contribution < 1.29 is 13.0 Å². The Morgan fingerprint density at radius 2 is 1.84 bits per heavy atom. The highest BCUT2D eigenvalue weighted by Crippen LogP contribution is 2.26. The molecule has 0 atom stereocenters. The van der Waals surface area contributed by atoms with Gasteiger partial charge in [-0.1, -0.05) is 11.6 Å². The van der Waals surface area contributed by atoms with Crippen molar-refractivity contribution >= 4 is 44.2 Å². The minimum absolute atomic E-state index is 0.685. The first-order valence-corrected chi connectivity index (χ1v) is 9.86. The van der Waals surface area contributed by atoms with Gasteiger partial charge in [0.1, 0.15) is 5.82 Å². The first-order chi connectivity index (χ1) is 11.7. The number of aromatic nitrogens is 4. The van der Waals surface area contributed by atoms with Crippen molar-refractivity contribution in [1.29, 1.82) is 0 Å². The topological polar surface area (TPSA) is 101 Å². The predicted molar refractivity (Wildman–Crippen MR) is 99.1 cm³/mol. The van der Waals surface area contributed by atoms with Gasteiger partial charge in [-0.3, -0.25) is 8.95 Å². The number of fused-ring (bicyclic) bond motifs is 3. The van der Waals surface area contributed by atoms with E-state index in [0.29, 0.717) is 11.3 Å². The molecule has 1 aromatic carbocycles. The number of halogens is 1. The van der Waals surface area contributed by atoms with Gasteiger partial charge in [-0.05, 0) is 39.0 Å². The summed E-state index contributed by atoms with van der Waals surface area (Å²) in [6.45, 7) is 7.91. The quantitative estimate of drug-likeness (QED) is 0.691. The molecule has 136 valence electrons. The van der Waals surface area contributed by atoms with Gasteiger partial charge in [0.2, 0.25) is 5.65 Å². The van der Waals surface area contributed by atoms with E-state index in [1.807, 2.05) is 29.5 Å². The standard InChI is InChI=1S/C14H16ClN5.CH4O3S/c1-4-19(5-2)13-14-18-17-9(3)20(14)12-8-10(15)6-7-11(12)16-13;1-5(2,3)4/h6-8H,4-5H2,1-3H3;1H3,(H,2,3,4). The van der Waals surface area contributed by atoms with Crippen LogP contribution in [0.3, 0.4) is 0 Å². The van der Waals surface area contributed by atoms with Crippen molar-refractivity contribution in [2.45, 2.75) is 20.8 Å². The molecular formula is C15H20ClN5O3S. The Kier molecular flexibility index (Phi) is 5.81. The monoisotopic (exact) mass is 385 g/mol. The highest BCUT2D eigenvalue weighted by Gasteiger charge is 2.16. The highest BCUT2D eigenvalue weighted by molar-refractivity contribution is 7.85. The fourth-order valence-corrected chi connectivity index (χ4v) is 2.63. The van der Waals surface area contributed by atoms with Gasteiger partial charge in [-0.15, -0.1) is 10.2 Å². The smallest absolute Gasteiger partial charge is 0.261 e. The molecule has 0 aliphatic carbocycles. The van der Waals surface area contributed by atoms with Crippen LogP contribution in [0.1, 0.15) is 19.7 Å². The minimum atomic E-state index is -3.67. The lowest BCUT2D eigenvalue weighted by molar-refractivity contribution is 0.490. The highest BCUT2D eigenvalue weighted by atomic mass is 35.5. The zero-order chi connectivity index (χ0) is 18.8. The molecule has 0 fully saturated rings. The summed E-state index contributed by atoms with van der Waals surface area (Å²) in [5.74, 6) is 1.70. The van der Waals surface area contributed by atoms with Gasteiger partial charge >= 0.3 is 0 Å². The molecule has 0 saturated carbocycles. The number of hydrogen-bond donors (Lipinski definition) is 1. The van der Waals surface area contributed by atoms with E-state index >= 15 is 0 Å². The maximum atomic E-state index is 9.19. The zero-order valence-corrected chi connectivity index (χ0v) is 16.0. The summed E-state index contributed by atoms with van der Waals surface area (Å²) in [7, 11) is -3.67. The Morgan fingerprint density at radius 3 is 2.40 bits per heavy atom. The molecule has 0 aliphatic heterocycles. The molecule has 0 radical (unpaired) electrons. The van der Waals surface area contributed by atoms with Gasteiger partial charge in [0, 0.05) is 18.1 Å². The van der Waals surface area contributed by atoms with Crippen LogP contribution >= 0.6 is 11.6 Å². The van der Waals surface area contributed by atoms with Crippen LogP contribution in [-0.2, 0) is 10.1 Å². The van der Waals surface area contributed by atoms with Crippen LogP contribution in [0.4, 0.5) is 5.82 Å². The van der Waals surface area contributed by atoms with E-state index in [9.17, 15) is 8.42 Å². The van der Waals surface area contributed by atoms with Crippen LogP contribution in [0.15, 0.2) is 18.2 Å². The number of hydrogen-bond acceptors (Lipinski definition) is 6. The number of rotatable bonds is 3. The summed E-state index contributed by atoms with van der Waals surface area (Å²) >= 11 is 6.10. The molecule has 0 aliphatic rings. The van der Waals surface area contributed by atoms with Crippen molar-refractivity contribution in [2.75, 3.05) is 24.2 Å². The van der Waals surface area contributed by atoms with Crippen LogP contribution in [0.25, 0.3) is 16.7 Å². The molecule has 10 heteroatoms. The second kappa shape index (κ2) is 7.51. The Bertz CT molecular complexity index is 991. The minimum Gasteiger partial charge on any atom is -0.354 e. The summed E-state index contributed by atoms with van der Waals surface area (Å²) in [5, 5.41) is 9.16. The first kappa shape index (κ1) is 19.4. The van der Waals surface area contributed by atoms with Gasteiger partial charge in [-0.25, -0.2) is 4.98 Å². The summed E-state index contributed by atoms with van der Waals surface area (Å²) in [5.41, 5.74) is 2.61. The third-order valence-electron chi connectivity index (χ3n) is 3.49. The molecular weight excluding hydrogens is 366 g/mol. The molecule has 0 bridgehead atoms. The SMILES string of the molecule is CCN(CC)c1nc2ccc(Cl)cc2n2c(C)nnc12.CS(=O)(=O)O. The van der Waals surface area contributed by atoms with E-state index in [-0.39, 0.29) is 0 Å². The normalized spacial score (nSPS) is 11.4. The summed E-state index contributed by atoms with van der Waals surface area (Å²) < 4.78 is 27.9. The molecule has 0 saturated heterocycles. The van der Waals surface area contributed by atoms with Crippen LogP contribution in [0.2, 0.25) is 5.02 Å². The zero-order valence-electron chi connectivity index (χ0n) is 14.4. The Balaban J connectivity index is 0.000000399. The molecule has 2 heterocycles. The average molecular weight is 386 g/mol. The number of nitrogens with zero attached hydrogens (tertiary/aromatic N) is 5. The number of aryl methyl sites for hydroxylation is 1. The molecule has 8 nitrogen and oxygen atoms in total. The average Bonchev–Trinajstić information content (AvgIpc) is 2.90. The van der Waals surface area contributed by atoms with Gasteiger partial charge in [0.15, 0.2) is 5.82 Å². The molecule has 0 amide bonds. The van der Waals surface area contributed by atoms with E-state index in [1.54, 1.807) is 0 Å². The van der Waals surface area contributed by atoms with Crippen molar-refractivity contribution in [3.05, 3.63) is 29.0 Å². The molecule has 1 N–H and O–H groups in total. The Morgan fingerprint density at radius 1 is 1.24 bits per heavy atom. The van der Waals surface area contributed by atoms with Crippen LogP contribution < -0.4 is 4.90 Å². The molecule has 3 aromatic rings. The van der Waals surface area contributed by atoms with E-state index in [1.165, 1.54) is 0 Å². The molecule has 25 heavy (non-hydrogen) atoms. The maximum absolute atomic E-state index is 9.19. The van der Waals surface area contributed by atoms with E-state index < -0.39 is 10.1 Å². The Labute approximate surface area is 151 Å². The predicted octanol–water partition coefficient (Wildman–Crippen LogP) is 2.59. The summed E-state index contributed by atoms with van der Waals surface area (Å²) in [4.78, 5) is 6.92. The van der Waals surface area contributed by atoms with Crippen molar-refractivity contribution in [3.8, 4) is 0 Å². The summed E-state index contributed by atoms with van der Waals surface area (Å²) in [6, 6.07) is 5.69. The third-order valence-corrected chi connectivity index (χ3v) is 3.73.